The largest absolute Gasteiger partial charge is 0.378 e. The van der Waals surface area contributed by atoms with E-state index in [1.165, 1.54) is 0 Å². The summed E-state index contributed by atoms with van der Waals surface area (Å²) in [6.07, 6.45) is 1.04. The smallest absolute Gasteiger partial charge is 0.317 e. The molecule has 14 heavy (non-hydrogen) atoms. The number of morpholine rings is 1. The maximum Gasteiger partial charge on any atom is 0.317 e. The number of carbonyl (C=O) groups is 1. The molecule has 2 rings (SSSR count). The summed E-state index contributed by atoms with van der Waals surface area (Å²) in [4.78, 5) is 13.5. The van der Waals surface area contributed by atoms with Crippen LogP contribution in [0.2, 0.25) is 0 Å². The fraction of sp³-hybridized carbons (Fsp3) is 0.889. The van der Waals surface area contributed by atoms with Crippen LogP contribution in [0.25, 0.3) is 0 Å². The quantitative estimate of drug-likeness (QED) is 0.592. The lowest BCUT2D eigenvalue weighted by Crippen LogP contribution is -2.49. The molecule has 5 nitrogen and oxygen atoms in total. The molecule has 0 aromatic rings. The van der Waals surface area contributed by atoms with Gasteiger partial charge < -0.3 is 20.3 Å². The van der Waals surface area contributed by atoms with Gasteiger partial charge in [-0.3, -0.25) is 0 Å². The number of nitrogens with zero attached hydrogens (tertiary/aromatic N) is 1. The van der Waals surface area contributed by atoms with Gasteiger partial charge in [-0.05, 0) is 13.0 Å². The number of carbonyl (C=O) groups excluding carboxylic acids is 1. The highest BCUT2D eigenvalue weighted by Gasteiger charge is 2.21. The first-order chi connectivity index (χ1) is 6.86. The second-order valence-corrected chi connectivity index (χ2v) is 3.74. The lowest BCUT2D eigenvalue weighted by molar-refractivity contribution is 0.0526. The van der Waals surface area contributed by atoms with E-state index >= 15 is 0 Å². The van der Waals surface area contributed by atoms with Crippen LogP contribution in [0.4, 0.5) is 4.79 Å². The van der Waals surface area contributed by atoms with Gasteiger partial charge in [0.2, 0.25) is 0 Å². The summed E-state index contributed by atoms with van der Waals surface area (Å²) >= 11 is 0. The molecule has 0 bridgehead atoms. The van der Waals surface area contributed by atoms with Gasteiger partial charge in [0.25, 0.3) is 0 Å². The molecule has 80 valence electrons. The van der Waals surface area contributed by atoms with Crippen molar-refractivity contribution >= 4 is 6.03 Å². The van der Waals surface area contributed by atoms with Crippen molar-refractivity contribution in [3.8, 4) is 0 Å². The van der Waals surface area contributed by atoms with Crippen LogP contribution in [-0.2, 0) is 4.74 Å². The van der Waals surface area contributed by atoms with Gasteiger partial charge >= 0.3 is 6.03 Å². The molecule has 2 N–H and O–H groups in total. The van der Waals surface area contributed by atoms with Gasteiger partial charge in [-0.15, -0.1) is 0 Å². The Balaban J connectivity index is 1.75. The van der Waals surface area contributed by atoms with Crippen molar-refractivity contribution in [2.75, 3.05) is 39.4 Å². The molecule has 2 heterocycles. The fourth-order valence-electron chi connectivity index (χ4n) is 1.81. The van der Waals surface area contributed by atoms with Gasteiger partial charge in [0.05, 0.1) is 13.2 Å². The molecule has 5 heteroatoms. The average Bonchev–Trinajstić information content (AvgIpc) is 2.72. The average molecular weight is 199 g/mol. The third-order valence-corrected chi connectivity index (χ3v) is 2.69. The zero-order valence-corrected chi connectivity index (χ0v) is 8.29. The van der Waals surface area contributed by atoms with Gasteiger partial charge in [-0.25, -0.2) is 4.79 Å². The monoisotopic (exact) mass is 199 g/mol. The first-order valence-corrected chi connectivity index (χ1v) is 5.20. The van der Waals surface area contributed by atoms with Crippen molar-refractivity contribution in [1.29, 1.82) is 0 Å². The number of hydrogen-bond acceptors (Lipinski definition) is 3. The molecule has 0 saturated carbocycles. The highest BCUT2D eigenvalue weighted by atomic mass is 16.5. The molecule has 2 saturated heterocycles. The minimum Gasteiger partial charge on any atom is -0.378 e. The van der Waals surface area contributed by atoms with Crippen LogP contribution in [0.15, 0.2) is 0 Å². The van der Waals surface area contributed by atoms with Crippen LogP contribution in [0.1, 0.15) is 6.42 Å². The number of amides is 2. The van der Waals surface area contributed by atoms with Crippen molar-refractivity contribution in [3.05, 3.63) is 0 Å². The van der Waals surface area contributed by atoms with Crippen molar-refractivity contribution in [1.82, 2.24) is 15.5 Å². The lowest BCUT2D eigenvalue weighted by atomic mass is 10.3. The molecule has 0 radical (unpaired) electrons. The molecular formula is C9H17N3O2. The molecule has 0 aromatic carbocycles. The van der Waals surface area contributed by atoms with Gasteiger partial charge in [0.15, 0.2) is 0 Å². The number of rotatable bonds is 1. The summed E-state index contributed by atoms with van der Waals surface area (Å²) in [7, 11) is 0. The third-order valence-electron chi connectivity index (χ3n) is 2.69. The van der Waals surface area contributed by atoms with Crippen LogP contribution in [0.5, 0.6) is 0 Å². The summed E-state index contributed by atoms with van der Waals surface area (Å²) < 4.78 is 5.19. The van der Waals surface area contributed by atoms with Crippen molar-refractivity contribution in [3.63, 3.8) is 0 Å². The van der Waals surface area contributed by atoms with Crippen LogP contribution >= 0.6 is 0 Å². The summed E-state index contributed by atoms with van der Waals surface area (Å²) in [6, 6.07) is 0.368. The fourth-order valence-corrected chi connectivity index (χ4v) is 1.81. The van der Waals surface area contributed by atoms with E-state index in [0.717, 1.165) is 19.5 Å². The summed E-state index contributed by atoms with van der Waals surface area (Å²) in [6.45, 7) is 4.66. The lowest BCUT2D eigenvalue weighted by Gasteiger charge is -2.28. The Labute approximate surface area is 83.8 Å². The Morgan fingerprint density at radius 3 is 2.86 bits per heavy atom. The van der Waals surface area contributed by atoms with Gasteiger partial charge in [-0.1, -0.05) is 0 Å². The Bertz CT molecular complexity index is 198. The Morgan fingerprint density at radius 1 is 1.43 bits per heavy atom. The topological polar surface area (TPSA) is 53.6 Å². The summed E-state index contributed by atoms with van der Waals surface area (Å²) in [5.74, 6) is 0. The second kappa shape index (κ2) is 4.61. The number of hydrogen-bond donors (Lipinski definition) is 2. The first kappa shape index (κ1) is 9.73. The standard InChI is InChI=1S/C9H17N3O2/c13-9(11-8-1-2-10-7-8)12-3-5-14-6-4-12/h8,10H,1-7H2,(H,11,13)/t8-/m0/s1. The molecule has 1 atom stereocenters. The van der Waals surface area contributed by atoms with E-state index in [9.17, 15) is 4.79 Å². The van der Waals surface area contributed by atoms with E-state index in [0.29, 0.717) is 32.3 Å². The SMILES string of the molecule is O=C(N[C@H]1CCNC1)N1CCOCC1. The first-order valence-electron chi connectivity index (χ1n) is 5.20. The van der Waals surface area contributed by atoms with E-state index in [4.69, 9.17) is 4.74 Å². The van der Waals surface area contributed by atoms with Gasteiger partial charge in [0.1, 0.15) is 0 Å². The van der Waals surface area contributed by atoms with Gasteiger partial charge in [0, 0.05) is 25.7 Å². The molecule has 0 unspecified atom stereocenters. The molecule has 0 aliphatic carbocycles. The Morgan fingerprint density at radius 2 is 2.21 bits per heavy atom. The maximum atomic E-state index is 11.7. The minimum absolute atomic E-state index is 0.0574. The second-order valence-electron chi connectivity index (χ2n) is 3.74. The van der Waals surface area contributed by atoms with E-state index in [1.807, 2.05) is 4.90 Å². The summed E-state index contributed by atoms with van der Waals surface area (Å²) in [5, 5.41) is 6.24. The van der Waals surface area contributed by atoms with Crippen LogP contribution in [0.3, 0.4) is 0 Å². The summed E-state index contributed by atoms with van der Waals surface area (Å²) in [5.41, 5.74) is 0. The Hall–Kier alpha value is -0.810. The molecule has 0 aromatic heterocycles. The normalized spacial score (nSPS) is 27.7. The van der Waals surface area contributed by atoms with Crippen molar-refractivity contribution in [2.45, 2.75) is 12.5 Å². The molecule has 0 spiro atoms. The predicted molar refractivity (Wildman–Crippen MR) is 52.2 cm³/mol. The van der Waals surface area contributed by atoms with E-state index in [2.05, 4.69) is 10.6 Å². The molecular weight excluding hydrogens is 182 g/mol. The third kappa shape index (κ3) is 2.36. The van der Waals surface area contributed by atoms with Crippen LogP contribution < -0.4 is 10.6 Å². The van der Waals surface area contributed by atoms with E-state index < -0.39 is 0 Å². The van der Waals surface area contributed by atoms with Gasteiger partial charge in [-0.2, -0.15) is 0 Å². The van der Waals surface area contributed by atoms with Crippen LogP contribution in [0, 0.1) is 0 Å². The highest BCUT2D eigenvalue weighted by molar-refractivity contribution is 5.74. The number of urea groups is 1. The highest BCUT2D eigenvalue weighted by Crippen LogP contribution is 2.01. The molecule has 2 amide bonds. The van der Waals surface area contributed by atoms with Crippen molar-refractivity contribution < 1.29 is 9.53 Å². The minimum atomic E-state index is 0.0574. The van der Waals surface area contributed by atoms with E-state index in [-0.39, 0.29) is 6.03 Å². The number of nitrogens with one attached hydrogen (secondary N) is 2. The van der Waals surface area contributed by atoms with E-state index in [1.54, 1.807) is 0 Å². The Kier molecular flexibility index (Phi) is 3.21. The molecule has 2 fully saturated rings. The zero-order valence-electron chi connectivity index (χ0n) is 8.29. The molecule has 2 aliphatic heterocycles. The zero-order chi connectivity index (χ0) is 9.80. The predicted octanol–water partition coefficient (Wildman–Crippen LogP) is -0.610. The maximum absolute atomic E-state index is 11.7. The molecule has 2 aliphatic rings. The van der Waals surface area contributed by atoms with Crippen molar-refractivity contribution in [2.24, 2.45) is 0 Å². The number of ether oxygens (including phenoxy) is 1. The van der Waals surface area contributed by atoms with Crippen LogP contribution in [-0.4, -0.2) is 56.4 Å².